The number of methoxy groups -OCH3 is 1. The zero-order chi connectivity index (χ0) is 20.1. The molecule has 3 rings (SSSR count). The van der Waals surface area contributed by atoms with Gasteiger partial charge in [0, 0.05) is 29.7 Å². The lowest BCUT2D eigenvalue weighted by Crippen LogP contribution is -2.15. The number of nitrogens with zero attached hydrogens (tertiary/aromatic N) is 1. The maximum atomic E-state index is 12.7. The summed E-state index contributed by atoms with van der Waals surface area (Å²) in [6.45, 7) is 1.88. The molecule has 1 aromatic heterocycles. The second-order valence-electron chi connectivity index (χ2n) is 6.03. The number of pyridine rings is 1. The van der Waals surface area contributed by atoms with Crippen LogP contribution in [0.15, 0.2) is 71.9 Å². The Labute approximate surface area is 163 Å². The van der Waals surface area contributed by atoms with Crippen LogP contribution in [0.4, 0.5) is 11.4 Å². The van der Waals surface area contributed by atoms with E-state index >= 15 is 0 Å². The average Bonchev–Trinajstić information content (AvgIpc) is 2.68. The number of hydrogen-bond acceptors (Lipinski definition) is 5. The van der Waals surface area contributed by atoms with Crippen LogP contribution in [-0.4, -0.2) is 26.4 Å². The molecule has 3 aromatic rings. The molecule has 144 valence electrons. The third-order valence-electron chi connectivity index (χ3n) is 3.94. The topological polar surface area (TPSA) is 97.4 Å². The molecule has 8 heteroatoms. The summed E-state index contributed by atoms with van der Waals surface area (Å²) in [6, 6.07) is 14.5. The van der Waals surface area contributed by atoms with Gasteiger partial charge in [-0.1, -0.05) is 12.1 Å². The van der Waals surface area contributed by atoms with Gasteiger partial charge in [0.2, 0.25) is 0 Å². The first kappa shape index (κ1) is 19.4. The quantitative estimate of drug-likeness (QED) is 0.664. The summed E-state index contributed by atoms with van der Waals surface area (Å²) < 4.78 is 33.2. The van der Waals surface area contributed by atoms with Crippen molar-refractivity contribution in [2.24, 2.45) is 0 Å². The van der Waals surface area contributed by atoms with Crippen LogP contribution < -0.4 is 14.8 Å². The Morgan fingerprint density at radius 2 is 1.79 bits per heavy atom. The molecule has 0 bridgehead atoms. The third kappa shape index (κ3) is 4.47. The highest BCUT2D eigenvalue weighted by Crippen LogP contribution is 2.29. The molecule has 0 radical (unpaired) electrons. The third-order valence-corrected chi connectivity index (χ3v) is 5.32. The van der Waals surface area contributed by atoms with Gasteiger partial charge in [0.15, 0.2) is 0 Å². The van der Waals surface area contributed by atoms with Crippen LogP contribution in [0.3, 0.4) is 0 Å². The molecule has 2 aromatic carbocycles. The van der Waals surface area contributed by atoms with Crippen molar-refractivity contribution in [3.05, 3.63) is 78.1 Å². The maximum absolute atomic E-state index is 12.7. The van der Waals surface area contributed by atoms with E-state index in [1.807, 2.05) is 13.0 Å². The number of aromatic nitrogens is 1. The van der Waals surface area contributed by atoms with E-state index < -0.39 is 10.0 Å². The van der Waals surface area contributed by atoms with Crippen molar-refractivity contribution < 1.29 is 17.9 Å². The van der Waals surface area contributed by atoms with E-state index in [1.165, 1.54) is 37.7 Å². The van der Waals surface area contributed by atoms with Crippen molar-refractivity contribution in [3.8, 4) is 5.75 Å². The summed E-state index contributed by atoms with van der Waals surface area (Å²) in [5, 5.41) is 2.71. The smallest absolute Gasteiger partial charge is 0.262 e. The molecule has 0 unspecified atom stereocenters. The van der Waals surface area contributed by atoms with Crippen LogP contribution in [0.25, 0.3) is 0 Å². The number of aryl methyl sites for hydroxylation is 1. The monoisotopic (exact) mass is 397 g/mol. The molecule has 0 aliphatic carbocycles. The lowest BCUT2D eigenvalue weighted by Gasteiger charge is -2.13. The molecule has 0 atom stereocenters. The van der Waals surface area contributed by atoms with Crippen molar-refractivity contribution in [2.45, 2.75) is 11.8 Å². The Hall–Kier alpha value is -3.39. The van der Waals surface area contributed by atoms with Gasteiger partial charge in [-0.15, -0.1) is 0 Å². The first-order chi connectivity index (χ1) is 13.4. The normalized spacial score (nSPS) is 10.9. The van der Waals surface area contributed by atoms with Crippen LogP contribution in [0.1, 0.15) is 15.9 Å². The Bertz CT molecular complexity index is 1100. The van der Waals surface area contributed by atoms with Gasteiger partial charge in [0.05, 0.1) is 17.7 Å². The second-order valence-corrected chi connectivity index (χ2v) is 7.71. The van der Waals surface area contributed by atoms with E-state index in [4.69, 9.17) is 4.74 Å². The summed E-state index contributed by atoms with van der Waals surface area (Å²) >= 11 is 0. The van der Waals surface area contributed by atoms with E-state index in [-0.39, 0.29) is 16.6 Å². The molecular formula is C20H19N3O4S. The van der Waals surface area contributed by atoms with E-state index in [0.717, 1.165) is 5.56 Å². The molecule has 28 heavy (non-hydrogen) atoms. The standard InChI is InChI=1S/C20H19N3O4S/c1-14-4-3-5-16(12-14)23-28(25,26)17-6-7-18(19(13-17)27-2)22-20(24)15-8-10-21-11-9-15/h3-13,23H,1-2H3,(H,22,24). The Morgan fingerprint density at radius 3 is 2.46 bits per heavy atom. The van der Waals surface area contributed by atoms with Crippen molar-refractivity contribution in [2.75, 3.05) is 17.1 Å². The molecule has 7 nitrogen and oxygen atoms in total. The lowest BCUT2D eigenvalue weighted by molar-refractivity contribution is 0.102. The molecule has 0 aliphatic heterocycles. The number of benzene rings is 2. The maximum Gasteiger partial charge on any atom is 0.262 e. The summed E-state index contributed by atoms with van der Waals surface area (Å²) in [7, 11) is -2.41. The van der Waals surface area contributed by atoms with Crippen molar-refractivity contribution >= 4 is 27.3 Å². The Balaban J connectivity index is 1.85. The van der Waals surface area contributed by atoms with Gasteiger partial charge in [-0.3, -0.25) is 14.5 Å². The predicted octanol–water partition coefficient (Wildman–Crippen LogP) is 3.45. The highest BCUT2D eigenvalue weighted by molar-refractivity contribution is 7.92. The number of nitrogens with one attached hydrogen (secondary N) is 2. The zero-order valence-corrected chi connectivity index (χ0v) is 16.2. The fourth-order valence-corrected chi connectivity index (χ4v) is 3.63. The molecule has 0 saturated heterocycles. The largest absolute Gasteiger partial charge is 0.495 e. The molecule has 2 N–H and O–H groups in total. The number of anilines is 2. The van der Waals surface area contributed by atoms with Crippen LogP contribution in [0, 0.1) is 6.92 Å². The highest BCUT2D eigenvalue weighted by atomic mass is 32.2. The predicted molar refractivity (Wildman–Crippen MR) is 107 cm³/mol. The molecule has 1 heterocycles. The van der Waals surface area contributed by atoms with Gasteiger partial charge >= 0.3 is 0 Å². The fourth-order valence-electron chi connectivity index (χ4n) is 2.56. The van der Waals surface area contributed by atoms with E-state index in [9.17, 15) is 13.2 Å². The summed E-state index contributed by atoms with van der Waals surface area (Å²) in [5.41, 5.74) is 2.19. The van der Waals surface area contributed by atoms with E-state index in [1.54, 1.807) is 30.3 Å². The molecule has 0 aliphatic rings. The fraction of sp³-hybridized carbons (Fsp3) is 0.100. The molecule has 0 saturated carbocycles. The van der Waals surface area contributed by atoms with Gasteiger partial charge in [-0.2, -0.15) is 0 Å². The molecular weight excluding hydrogens is 378 g/mol. The summed E-state index contributed by atoms with van der Waals surface area (Å²) in [5.74, 6) is -0.122. The summed E-state index contributed by atoms with van der Waals surface area (Å²) in [6.07, 6.45) is 3.03. The first-order valence-electron chi connectivity index (χ1n) is 8.38. The van der Waals surface area contributed by atoms with Crippen LogP contribution >= 0.6 is 0 Å². The van der Waals surface area contributed by atoms with E-state index in [2.05, 4.69) is 15.0 Å². The molecule has 0 fully saturated rings. The second kappa shape index (κ2) is 8.10. The molecule has 0 spiro atoms. The Morgan fingerprint density at radius 1 is 1.04 bits per heavy atom. The number of amides is 1. The van der Waals surface area contributed by atoms with Gasteiger partial charge in [0.25, 0.3) is 15.9 Å². The minimum Gasteiger partial charge on any atom is -0.495 e. The van der Waals surface area contributed by atoms with Gasteiger partial charge in [0.1, 0.15) is 5.75 Å². The Kier molecular flexibility index (Phi) is 5.60. The van der Waals surface area contributed by atoms with E-state index in [0.29, 0.717) is 16.9 Å². The molecule has 1 amide bonds. The van der Waals surface area contributed by atoms with Crippen LogP contribution in [0.5, 0.6) is 5.75 Å². The van der Waals surface area contributed by atoms with Crippen LogP contribution in [0.2, 0.25) is 0 Å². The number of ether oxygens (including phenoxy) is 1. The first-order valence-corrected chi connectivity index (χ1v) is 9.86. The van der Waals surface area contributed by atoms with Gasteiger partial charge < -0.3 is 10.1 Å². The number of carbonyl (C=O) groups is 1. The number of hydrogen-bond donors (Lipinski definition) is 2. The average molecular weight is 397 g/mol. The summed E-state index contributed by atoms with van der Waals surface area (Å²) in [4.78, 5) is 16.2. The van der Waals surface area contributed by atoms with Crippen molar-refractivity contribution in [1.82, 2.24) is 4.98 Å². The number of sulfonamides is 1. The minimum atomic E-state index is -3.81. The lowest BCUT2D eigenvalue weighted by atomic mass is 10.2. The number of rotatable bonds is 6. The van der Waals surface area contributed by atoms with Crippen molar-refractivity contribution in [1.29, 1.82) is 0 Å². The SMILES string of the molecule is COc1cc(S(=O)(=O)Nc2cccc(C)c2)ccc1NC(=O)c1ccncc1. The highest BCUT2D eigenvalue weighted by Gasteiger charge is 2.18. The van der Waals surface area contributed by atoms with Gasteiger partial charge in [-0.25, -0.2) is 8.42 Å². The van der Waals surface area contributed by atoms with Crippen molar-refractivity contribution in [3.63, 3.8) is 0 Å². The zero-order valence-electron chi connectivity index (χ0n) is 15.3. The van der Waals surface area contributed by atoms with Gasteiger partial charge in [-0.05, 0) is 48.9 Å². The van der Waals surface area contributed by atoms with Crippen LogP contribution in [-0.2, 0) is 10.0 Å². The minimum absolute atomic E-state index is 0.0211. The number of carbonyl (C=O) groups excluding carboxylic acids is 1.